The van der Waals surface area contributed by atoms with Crippen LogP contribution in [0.4, 0.5) is 0 Å². The van der Waals surface area contributed by atoms with Crippen LogP contribution in [0.2, 0.25) is 0 Å². The quantitative estimate of drug-likeness (QED) is 0.393. The van der Waals surface area contributed by atoms with Gasteiger partial charge in [0.15, 0.2) is 0 Å². The summed E-state index contributed by atoms with van der Waals surface area (Å²) in [6.07, 6.45) is 2.93. The molecule has 1 aliphatic heterocycles. The Kier molecular flexibility index (Phi) is 7.24. The predicted molar refractivity (Wildman–Crippen MR) is 113 cm³/mol. The number of benzene rings is 1. The highest BCUT2D eigenvalue weighted by Crippen LogP contribution is 2.19. The van der Waals surface area contributed by atoms with Crippen LogP contribution in [0.15, 0.2) is 30.5 Å². The van der Waals surface area contributed by atoms with Crippen LogP contribution < -0.4 is 21.7 Å². The maximum atomic E-state index is 13.0. The Morgan fingerprint density at radius 1 is 1.03 bits per heavy atom. The first-order valence-corrected chi connectivity index (χ1v) is 10.3. The van der Waals surface area contributed by atoms with Gasteiger partial charge in [0, 0.05) is 30.1 Å². The Hall–Kier alpha value is -3.40. The number of fused-ring (bicyclic) bond motifs is 1. The zero-order valence-electron chi connectivity index (χ0n) is 17.0. The van der Waals surface area contributed by atoms with Crippen LogP contribution in [-0.2, 0) is 25.6 Å². The standard InChI is InChI=1S/C21H27N5O5/c22-14-6-3-4-8-23-20(30)17(10-18(27)28)26-21(31)16(25-19(14)29)9-12-11-24-15-7-2-1-5-13(12)15/h1-2,5,7,11,14,16-17,24H,3-4,6,8-10,22H2,(H,23,30)(H,25,29)(H,26,31)(H,27,28)/t14-,16+,17+/m0/s1. The number of carboxylic acids is 1. The molecule has 166 valence electrons. The van der Waals surface area contributed by atoms with Gasteiger partial charge >= 0.3 is 5.97 Å². The molecule has 2 heterocycles. The van der Waals surface area contributed by atoms with E-state index in [1.165, 1.54) is 0 Å². The van der Waals surface area contributed by atoms with Gasteiger partial charge in [-0.05, 0) is 30.9 Å². The summed E-state index contributed by atoms with van der Waals surface area (Å²) in [6, 6.07) is 4.47. The number of nitrogens with two attached hydrogens (primary N) is 1. The average molecular weight is 429 g/mol. The minimum atomic E-state index is -1.25. The number of carbonyl (C=O) groups excluding carboxylic acids is 3. The smallest absolute Gasteiger partial charge is 0.305 e. The van der Waals surface area contributed by atoms with Crippen molar-refractivity contribution in [2.24, 2.45) is 5.73 Å². The third-order valence-electron chi connectivity index (χ3n) is 5.32. The fourth-order valence-corrected chi connectivity index (χ4v) is 3.62. The van der Waals surface area contributed by atoms with E-state index in [2.05, 4.69) is 20.9 Å². The van der Waals surface area contributed by atoms with E-state index in [1.807, 2.05) is 24.3 Å². The zero-order chi connectivity index (χ0) is 22.4. The highest BCUT2D eigenvalue weighted by molar-refractivity contribution is 5.95. The van der Waals surface area contributed by atoms with Crippen molar-refractivity contribution < 1.29 is 24.3 Å². The monoisotopic (exact) mass is 429 g/mol. The summed E-state index contributed by atoms with van der Waals surface area (Å²) in [4.78, 5) is 52.4. The van der Waals surface area contributed by atoms with Gasteiger partial charge in [0.25, 0.3) is 0 Å². The van der Waals surface area contributed by atoms with Crippen LogP contribution in [0, 0.1) is 0 Å². The lowest BCUT2D eigenvalue weighted by atomic mass is 10.0. The van der Waals surface area contributed by atoms with Gasteiger partial charge in [-0.1, -0.05) is 18.2 Å². The second-order valence-corrected chi connectivity index (χ2v) is 7.68. The van der Waals surface area contributed by atoms with Crippen LogP contribution in [-0.4, -0.2) is 58.5 Å². The molecule has 31 heavy (non-hydrogen) atoms. The number of carbonyl (C=O) groups is 4. The van der Waals surface area contributed by atoms with E-state index in [9.17, 15) is 19.2 Å². The van der Waals surface area contributed by atoms with Crippen LogP contribution >= 0.6 is 0 Å². The third-order valence-corrected chi connectivity index (χ3v) is 5.32. The summed E-state index contributed by atoms with van der Waals surface area (Å²) >= 11 is 0. The van der Waals surface area contributed by atoms with E-state index >= 15 is 0 Å². The van der Waals surface area contributed by atoms with Crippen LogP contribution in [0.1, 0.15) is 31.2 Å². The molecule has 3 amide bonds. The lowest BCUT2D eigenvalue weighted by Gasteiger charge is -2.23. The van der Waals surface area contributed by atoms with Gasteiger partial charge < -0.3 is 31.8 Å². The Morgan fingerprint density at radius 2 is 1.77 bits per heavy atom. The molecule has 3 atom stereocenters. The first-order valence-electron chi connectivity index (χ1n) is 10.3. The Balaban J connectivity index is 1.87. The topological polar surface area (TPSA) is 166 Å². The molecule has 2 aromatic rings. The van der Waals surface area contributed by atoms with E-state index in [0.717, 1.165) is 16.5 Å². The van der Waals surface area contributed by atoms with Crippen molar-refractivity contribution in [3.05, 3.63) is 36.0 Å². The van der Waals surface area contributed by atoms with Crippen molar-refractivity contribution in [2.45, 2.75) is 50.2 Å². The van der Waals surface area contributed by atoms with Gasteiger partial charge in [0.2, 0.25) is 17.7 Å². The summed E-state index contributed by atoms with van der Waals surface area (Å²) in [5.41, 5.74) is 7.66. The van der Waals surface area contributed by atoms with Crippen LogP contribution in [0.5, 0.6) is 0 Å². The molecule has 1 aromatic carbocycles. The Morgan fingerprint density at radius 3 is 2.55 bits per heavy atom. The molecule has 1 fully saturated rings. The molecule has 3 rings (SSSR count). The molecule has 1 aliphatic rings. The molecule has 7 N–H and O–H groups in total. The molecular weight excluding hydrogens is 402 g/mol. The largest absolute Gasteiger partial charge is 0.481 e. The second-order valence-electron chi connectivity index (χ2n) is 7.68. The summed E-state index contributed by atoms with van der Waals surface area (Å²) in [5.74, 6) is -2.90. The normalized spacial score (nSPS) is 23.6. The van der Waals surface area contributed by atoms with E-state index < -0.39 is 48.2 Å². The fourth-order valence-electron chi connectivity index (χ4n) is 3.62. The Bertz CT molecular complexity index is 972. The highest BCUT2D eigenvalue weighted by atomic mass is 16.4. The predicted octanol–water partition coefficient (Wildman–Crippen LogP) is -0.218. The molecular formula is C21H27N5O5. The number of aliphatic carboxylic acids is 1. The summed E-state index contributed by atoms with van der Waals surface area (Å²) in [6.45, 7) is 0.304. The van der Waals surface area contributed by atoms with Crippen molar-refractivity contribution in [3.8, 4) is 0 Å². The van der Waals surface area contributed by atoms with Gasteiger partial charge in [-0.3, -0.25) is 19.2 Å². The van der Waals surface area contributed by atoms with Crippen molar-refractivity contribution in [3.63, 3.8) is 0 Å². The number of hydrogen-bond donors (Lipinski definition) is 6. The molecule has 1 saturated heterocycles. The SMILES string of the molecule is N[C@H]1CCCCNC(=O)[C@@H](CC(=O)O)NC(=O)[C@@H](Cc2c[nH]c3ccccc23)NC1=O. The van der Waals surface area contributed by atoms with Crippen LogP contribution in [0.3, 0.4) is 0 Å². The molecule has 10 nitrogen and oxygen atoms in total. The lowest BCUT2D eigenvalue weighted by molar-refractivity contribution is -0.141. The van der Waals surface area contributed by atoms with E-state index in [4.69, 9.17) is 10.8 Å². The van der Waals surface area contributed by atoms with Gasteiger partial charge in [-0.25, -0.2) is 0 Å². The van der Waals surface area contributed by atoms with Crippen molar-refractivity contribution >= 4 is 34.6 Å². The molecule has 0 spiro atoms. The van der Waals surface area contributed by atoms with Gasteiger partial charge in [0.1, 0.15) is 12.1 Å². The molecule has 0 aliphatic carbocycles. The number of amides is 3. The minimum absolute atomic E-state index is 0.149. The summed E-state index contributed by atoms with van der Waals surface area (Å²) in [7, 11) is 0. The van der Waals surface area contributed by atoms with E-state index in [-0.39, 0.29) is 6.42 Å². The number of aromatic nitrogens is 1. The highest BCUT2D eigenvalue weighted by Gasteiger charge is 2.30. The van der Waals surface area contributed by atoms with Crippen molar-refractivity contribution in [2.75, 3.05) is 6.54 Å². The van der Waals surface area contributed by atoms with Gasteiger partial charge in [-0.2, -0.15) is 0 Å². The number of nitrogens with one attached hydrogen (secondary N) is 4. The molecule has 1 aromatic heterocycles. The minimum Gasteiger partial charge on any atom is -0.481 e. The molecule has 0 radical (unpaired) electrons. The zero-order valence-corrected chi connectivity index (χ0v) is 17.0. The van der Waals surface area contributed by atoms with Gasteiger partial charge in [-0.15, -0.1) is 0 Å². The number of para-hydroxylation sites is 1. The maximum absolute atomic E-state index is 13.0. The first-order chi connectivity index (χ1) is 14.8. The van der Waals surface area contributed by atoms with E-state index in [1.54, 1.807) is 6.20 Å². The second kappa shape index (κ2) is 10.1. The van der Waals surface area contributed by atoms with Crippen molar-refractivity contribution in [1.29, 1.82) is 0 Å². The Labute approximate surface area is 178 Å². The summed E-state index contributed by atoms with van der Waals surface area (Å²) in [5, 5.41) is 17.9. The fraction of sp³-hybridized carbons (Fsp3) is 0.429. The third kappa shape index (κ3) is 5.82. The molecule has 0 unspecified atom stereocenters. The molecule has 0 saturated carbocycles. The molecule has 0 bridgehead atoms. The van der Waals surface area contributed by atoms with Gasteiger partial charge in [0.05, 0.1) is 12.5 Å². The lowest BCUT2D eigenvalue weighted by Crippen LogP contribution is -2.56. The number of aromatic amines is 1. The maximum Gasteiger partial charge on any atom is 0.305 e. The number of hydrogen-bond acceptors (Lipinski definition) is 5. The molecule has 10 heteroatoms. The van der Waals surface area contributed by atoms with E-state index in [0.29, 0.717) is 25.8 Å². The first kappa shape index (κ1) is 22.3. The summed E-state index contributed by atoms with van der Waals surface area (Å²) < 4.78 is 0. The number of carboxylic acid groups (broad SMARTS) is 1. The average Bonchev–Trinajstić information content (AvgIpc) is 3.14. The number of H-pyrrole nitrogens is 1. The van der Waals surface area contributed by atoms with Crippen molar-refractivity contribution in [1.82, 2.24) is 20.9 Å². The van der Waals surface area contributed by atoms with Crippen LogP contribution in [0.25, 0.3) is 10.9 Å². The number of rotatable bonds is 4.